The lowest BCUT2D eigenvalue weighted by Crippen LogP contribution is -2.24. The number of hydrogen-bond donors (Lipinski definition) is 1. The van der Waals surface area contributed by atoms with Gasteiger partial charge in [0.1, 0.15) is 5.75 Å². The highest BCUT2D eigenvalue weighted by Gasteiger charge is 2.21. The Morgan fingerprint density at radius 2 is 2.00 bits per heavy atom. The standard InChI is InChI=1S/C14H18O2/c15-14-6-1-3-10-9-12(7-8-13(10)14)16-11-4-2-5-11/h7-9,11,14-15H,1-6H2. The zero-order valence-corrected chi connectivity index (χ0v) is 9.48. The Labute approximate surface area is 96.2 Å². The van der Waals surface area contributed by atoms with Gasteiger partial charge in [0, 0.05) is 0 Å². The van der Waals surface area contributed by atoms with Gasteiger partial charge >= 0.3 is 0 Å². The molecule has 2 nitrogen and oxygen atoms in total. The lowest BCUT2D eigenvalue weighted by atomic mass is 9.89. The molecule has 1 aromatic rings. The highest BCUT2D eigenvalue weighted by molar-refractivity contribution is 5.38. The van der Waals surface area contributed by atoms with Crippen LogP contribution in [0.15, 0.2) is 18.2 Å². The third-order valence-electron chi connectivity index (χ3n) is 3.75. The molecule has 0 spiro atoms. The molecule has 0 amide bonds. The average Bonchev–Trinajstić information content (AvgIpc) is 2.24. The number of rotatable bonds is 2. The Kier molecular flexibility index (Phi) is 2.60. The van der Waals surface area contributed by atoms with E-state index >= 15 is 0 Å². The molecule has 1 atom stereocenters. The van der Waals surface area contributed by atoms with Crippen LogP contribution in [0.25, 0.3) is 0 Å². The summed E-state index contributed by atoms with van der Waals surface area (Å²) in [5, 5.41) is 9.85. The monoisotopic (exact) mass is 218 g/mol. The van der Waals surface area contributed by atoms with Gasteiger partial charge in [-0.1, -0.05) is 6.07 Å². The number of aliphatic hydroxyl groups excluding tert-OH is 1. The highest BCUT2D eigenvalue weighted by Crippen LogP contribution is 2.33. The minimum atomic E-state index is -0.262. The third-order valence-corrected chi connectivity index (χ3v) is 3.75. The molecule has 0 heterocycles. The minimum Gasteiger partial charge on any atom is -0.490 e. The molecule has 2 aliphatic carbocycles. The lowest BCUT2D eigenvalue weighted by molar-refractivity contribution is 0.119. The zero-order valence-electron chi connectivity index (χ0n) is 9.48. The van der Waals surface area contributed by atoms with E-state index in [9.17, 15) is 5.11 Å². The first-order valence-electron chi connectivity index (χ1n) is 6.30. The van der Waals surface area contributed by atoms with E-state index in [1.807, 2.05) is 12.1 Å². The summed E-state index contributed by atoms with van der Waals surface area (Å²) in [5.74, 6) is 0.984. The molecule has 16 heavy (non-hydrogen) atoms. The number of aliphatic hydroxyl groups is 1. The van der Waals surface area contributed by atoms with Crippen molar-refractivity contribution in [1.29, 1.82) is 0 Å². The summed E-state index contributed by atoms with van der Waals surface area (Å²) in [6.07, 6.45) is 6.92. The predicted octanol–water partition coefficient (Wildman–Crippen LogP) is 2.99. The van der Waals surface area contributed by atoms with Gasteiger partial charge in [-0.25, -0.2) is 0 Å². The maximum atomic E-state index is 9.85. The summed E-state index contributed by atoms with van der Waals surface area (Å²) in [7, 11) is 0. The molecule has 3 rings (SSSR count). The van der Waals surface area contributed by atoms with Crippen molar-refractivity contribution >= 4 is 0 Å². The van der Waals surface area contributed by atoms with Crippen LogP contribution in [0, 0.1) is 0 Å². The smallest absolute Gasteiger partial charge is 0.120 e. The van der Waals surface area contributed by atoms with Gasteiger partial charge in [-0.05, 0) is 61.8 Å². The molecule has 1 saturated carbocycles. The van der Waals surface area contributed by atoms with Crippen molar-refractivity contribution < 1.29 is 9.84 Å². The molecule has 0 radical (unpaired) electrons. The van der Waals surface area contributed by atoms with Gasteiger partial charge in [-0.15, -0.1) is 0 Å². The Morgan fingerprint density at radius 1 is 1.12 bits per heavy atom. The van der Waals surface area contributed by atoms with E-state index in [0.717, 1.165) is 30.6 Å². The first kappa shape index (κ1) is 10.2. The molecule has 0 aliphatic heterocycles. The van der Waals surface area contributed by atoms with Crippen LogP contribution in [-0.4, -0.2) is 11.2 Å². The predicted molar refractivity (Wildman–Crippen MR) is 62.6 cm³/mol. The molecule has 0 saturated heterocycles. The third kappa shape index (κ3) is 1.82. The van der Waals surface area contributed by atoms with Crippen LogP contribution in [0.4, 0.5) is 0 Å². The van der Waals surface area contributed by atoms with E-state index in [2.05, 4.69) is 6.07 Å². The normalized spacial score (nSPS) is 24.7. The van der Waals surface area contributed by atoms with Crippen LogP contribution in [-0.2, 0) is 6.42 Å². The average molecular weight is 218 g/mol. The molecule has 2 heteroatoms. The van der Waals surface area contributed by atoms with Gasteiger partial charge in [0.2, 0.25) is 0 Å². The first-order chi connectivity index (χ1) is 7.83. The number of benzene rings is 1. The van der Waals surface area contributed by atoms with E-state index in [0.29, 0.717) is 6.10 Å². The van der Waals surface area contributed by atoms with Gasteiger partial charge in [0.25, 0.3) is 0 Å². The van der Waals surface area contributed by atoms with E-state index < -0.39 is 0 Å². The summed E-state index contributed by atoms with van der Waals surface area (Å²) in [6.45, 7) is 0. The molecular formula is C14H18O2. The molecule has 1 unspecified atom stereocenters. The molecular weight excluding hydrogens is 200 g/mol. The van der Waals surface area contributed by atoms with Crippen molar-refractivity contribution in [3.63, 3.8) is 0 Å². The van der Waals surface area contributed by atoms with Gasteiger partial charge in [-0.3, -0.25) is 0 Å². The summed E-state index contributed by atoms with van der Waals surface area (Å²) >= 11 is 0. The maximum Gasteiger partial charge on any atom is 0.120 e. The van der Waals surface area contributed by atoms with Crippen molar-refractivity contribution in [2.45, 2.75) is 50.7 Å². The van der Waals surface area contributed by atoms with Crippen LogP contribution in [0.1, 0.15) is 49.3 Å². The second kappa shape index (κ2) is 4.10. The number of aryl methyl sites for hydroxylation is 1. The second-order valence-electron chi connectivity index (χ2n) is 4.94. The van der Waals surface area contributed by atoms with E-state index in [4.69, 9.17) is 4.74 Å². The maximum absolute atomic E-state index is 9.85. The fourth-order valence-electron chi connectivity index (χ4n) is 2.52. The van der Waals surface area contributed by atoms with Crippen LogP contribution in [0.5, 0.6) is 5.75 Å². The summed E-state index contributed by atoms with van der Waals surface area (Å²) in [6, 6.07) is 6.16. The molecule has 1 fully saturated rings. The SMILES string of the molecule is OC1CCCc2cc(OC3CCC3)ccc21. The Morgan fingerprint density at radius 3 is 2.75 bits per heavy atom. The van der Waals surface area contributed by atoms with Crippen molar-refractivity contribution in [2.75, 3.05) is 0 Å². The van der Waals surface area contributed by atoms with Gasteiger partial charge < -0.3 is 9.84 Å². The Bertz CT molecular complexity index is 382. The molecule has 1 aromatic carbocycles. The lowest BCUT2D eigenvalue weighted by Gasteiger charge is -2.28. The van der Waals surface area contributed by atoms with Crippen molar-refractivity contribution in [3.8, 4) is 5.75 Å². The highest BCUT2D eigenvalue weighted by atomic mass is 16.5. The van der Waals surface area contributed by atoms with E-state index in [1.165, 1.54) is 24.8 Å². The Balaban J connectivity index is 1.80. The Hall–Kier alpha value is -1.02. The molecule has 86 valence electrons. The van der Waals surface area contributed by atoms with E-state index in [1.54, 1.807) is 0 Å². The molecule has 0 bridgehead atoms. The summed E-state index contributed by atoms with van der Waals surface area (Å²) in [5.41, 5.74) is 2.38. The van der Waals surface area contributed by atoms with Crippen LogP contribution in [0.3, 0.4) is 0 Å². The van der Waals surface area contributed by atoms with Gasteiger partial charge in [-0.2, -0.15) is 0 Å². The van der Waals surface area contributed by atoms with Crippen LogP contribution < -0.4 is 4.74 Å². The number of hydrogen-bond acceptors (Lipinski definition) is 2. The molecule has 1 N–H and O–H groups in total. The van der Waals surface area contributed by atoms with E-state index in [-0.39, 0.29) is 6.10 Å². The van der Waals surface area contributed by atoms with Crippen molar-refractivity contribution in [3.05, 3.63) is 29.3 Å². The number of fused-ring (bicyclic) bond motifs is 1. The quantitative estimate of drug-likeness (QED) is 0.827. The molecule has 0 aromatic heterocycles. The largest absolute Gasteiger partial charge is 0.490 e. The fourth-order valence-corrected chi connectivity index (χ4v) is 2.52. The zero-order chi connectivity index (χ0) is 11.0. The van der Waals surface area contributed by atoms with Gasteiger partial charge in [0.15, 0.2) is 0 Å². The summed E-state index contributed by atoms with van der Waals surface area (Å²) < 4.78 is 5.87. The second-order valence-corrected chi connectivity index (χ2v) is 4.94. The van der Waals surface area contributed by atoms with Gasteiger partial charge in [0.05, 0.1) is 12.2 Å². The van der Waals surface area contributed by atoms with Crippen LogP contribution in [0.2, 0.25) is 0 Å². The fraction of sp³-hybridized carbons (Fsp3) is 0.571. The molecule has 2 aliphatic rings. The first-order valence-corrected chi connectivity index (χ1v) is 6.30. The van der Waals surface area contributed by atoms with Crippen molar-refractivity contribution in [1.82, 2.24) is 0 Å². The minimum absolute atomic E-state index is 0.262. The van der Waals surface area contributed by atoms with Crippen LogP contribution >= 0.6 is 0 Å². The summed E-state index contributed by atoms with van der Waals surface area (Å²) in [4.78, 5) is 0. The number of ether oxygens (including phenoxy) is 1. The van der Waals surface area contributed by atoms with Crippen molar-refractivity contribution in [2.24, 2.45) is 0 Å². The topological polar surface area (TPSA) is 29.5 Å².